The number of benzene rings is 2. The molecule has 1 aliphatic rings. The van der Waals surface area contributed by atoms with Gasteiger partial charge in [0.25, 0.3) is 11.5 Å². The first-order chi connectivity index (χ1) is 14.5. The van der Waals surface area contributed by atoms with Gasteiger partial charge in [-0.15, -0.1) is 0 Å². The van der Waals surface area contributed by atoms with Crippen molar-refractivity contribution in [1.82, 2.24) is 14.9 Å². The minimum absolute atomic E-state index is 0.0425. The van der Waals surface area contributed by atoms with Gasteiger partial charge in [-0.2, -0.15) is 0 Å². The van der Waals surface area contributed by atoms with E-state index < -0.39 is 0 Å². The number of rotatable bonds is 6. The van der Waals surface area contributed by atoms with Crippen LogP contribution in [0.3, 0.4) is 0 Å². The predicted octanol–water partition coefficient (Wildman–Crippen LogP) is 2.97. The van der Waals surface area contributed by atoms with Crippen molar-refractivity contribution in [3.05, 3.63) is 69.8 Å². The van der Waals surface area contributed by atoms with Crippen LogP contribution >= 0.6 is 0 Å². The number of anilines is 1. The summed E-state index contributed by atoms with van der Waals surface area (Å²) < 4.78 is 1.75. The highest BCUT2D eigenvalue weighted by Gasteiger charge is 2.28. The Morgan fingerprint density at radius 2 is 1.90 bits per heavy atom. The van der Waals surface area contributed by atoms with Gasteiger partial charge in [-0.1, -0.05) is 24.3 Å². The number of aromatic nitrogens is 2. The number of para-hydroxylation sites is 1. The van der Waals surface area contributed by atoms with E-state index in [9.17, 15) is 14.4 Å². The molecule has 7 nitrogen and oxygen atoms in total. The fourth-order valence-electron chi connectivity index (χ4n) is 3.71. The third-order valence-corrected chi connectivity index (χ3v) is 5.37. The fourth-order valence-corrected chi connectivity index (χ4v) is 3.71. The Morgan fingerprint density at radius 3 is 2.63 bits per heavy atom. The number of amides is 2. The van der Waals surface area contributed by atoms with Gasteiger partial charge in [0.2, 0.25) is 5.91 Å². The monoisotopic (exact) mass is 404 g/mol. The minimum atomic E-state index is -0.248. The zero-order chi connectivity index (χ0) is 21.3. The third-order valence-electron chi connectivity index (χ3n) is 5.37. The Hall–Kier alpha value is -3.48. The number of hydrogen-bond acceptors (Lipinski definition) is 4. The minimum Gasteiger partial charge on any atom is -0.355 e. The van der Waals surface area contributed by atoms with Crippen molar-refractivity contribution in [1.29, 1.82) is 0 Å². The summed E-state index contributed by atoms with van der Waals surface area (Å²) >= 11 is 0. The van der Waals surface area contributed by atoms with Crippen molar-refractivity contribution < 1.29 is 9.59 Å². The maximum Gasteiger partial charge on any atom is 0.261 e. The number of nitrogens with one attached hydrogen (secondary N) is 2. The molecule has 30 heavy (non-hydrogen) atoms. The Kier molecular flexibility index (Phi) is 5.35. The number of carbonyl (C=O) groups is 2. The van der Waals surface area contributed by atoms with Crippen LogP contribution in [-0.2, 0) is 11.2 Å². The van der Waals surface area contributed by atoms with Crippen LogP contribution in [0.2, 0.25) is 0 Å². The molecule has 2 amide bonds. The van der Waals surface area contributed by atoms with Crippen LogP contribution in [0, 0.1) is 6.92 Å². The number of hydrogen-bond donors (Lipinski definition) is 2. The standard InChI is InChI=1S/C23H24N4O3/c1-14-6-5-9-18(21(14)22(29)24-2)26-20(28)13-12-19-25-17-8-4-3-7-16(17)23(30)27(19)15-10-11-15/h3-9,15H,10-13H2,1-2H3,(H,24,29)(H,26,28). The van der Waals surface area contributed by atoms with Gasteiger partial charge in [0.05, 0.1) is 22.2 Å². The second-order valence-corrected chi connectivity index (χ2v) is 7.58. The molecule has 1 saturated carbocycles. The highest BCUT2D eigenvalue weighted by Crippen LogP contribution is 2.35. The Labute approximate surface area is 174 Å². The van der Waals surface area contributed by atoms with Crippen molar-refractivity contribution in [2.45, 2.75) is 38.6 Å². The topological polar surface area (TPSA) is 93.1 Å². The van der Waals surface area contributed by atoms with Crippen molar-refractivity contribution in [2.24, 2.45) is 0 Å². The van der Waals surface area contributed by atoms with E-state index in [4.69, 9.17) is 0 Å². The Morgan fingerprint density at radius 1 is 1.13 bits per heavy atom. The van der Waals surface area contributed by atoms with Gasteiger partial charge < -0.3 is 10.6 Å². The normalized spacial score (nSPS) is 13.3. The molecular formula is C23H24N4O3. The molecule has 0 aliphatic heterocycles. The second kappa shape index (κ2) is 8.10. The lowest BCUT2D eigenvalue weighted by Gasteiger charge is -2.14. The summed E-state index contributed by atoms with van der Waals surface area (Å²) in [7, 11) is 1.56. The first-order valence-corrected chi connectivity index (χ1v) is 10.1. The molecule has 2 aromatic carbocycles. The summed E-state index contributed by atoms with van der Waals surface area (Å²) in [4.78, 5) is 42.4. The highest BCUT2D eigenvalue weighted by atomic mass is 16.2. The second-order valence-electron chi connectivity index (χ2n) is 7.58. The number of carbonyl (C=O) groups excluding carboxylic acids is 2. The molecule has 0 saturated heterocycles. The first kappa shape index (κ1) is 19.8. The quantitative estimate of drug-likeness (QED) is 0.661. The average molecular weight is 404 g/mol. The molecular weight excluding hydrogens is 380 g/mol. The SMILES string of the molecule is CNC(=O)c1c(C)cccc1NC(=O)CCc1nc2ccccc2c(=O)n1C1CC1. The summed E-state index contributed by atoms with van der Waals surface area (Å²) in [6.07, 6.45) is 2.43. The molecule has 1 fully saturated rings. The van der Waals surface area contributed by atoms with Crippen LogP contribution in [0.4, 0.5) is 5.69 Å². The molecule has 0 bridgehead atoms. The molecule has 0 radical (unpaired) electrons. The lowest BCUT2D eigenvalue weighted by molar-refractivity contribution is -0.116. The van der Waals surface area contributed by atoms with Crippen molar-refractivity contribution in [3.8, 4) is 0 Å². The lowest BCUT2D eigenvalue weighted by Crippen LogP contribution is -2.26. The van der Waals surface area contributed by atoms with Crippen molar-refractivity contribution in [3.63, 3.8) is 0 Å². The zero-order valence-electron chi connectivity index (χ0n) is 17.1. The summed E-state index contributed by atoms with van der Waals surface area (Å²) in [5.74, 6) is 0.157. The van der Waals surface area contributed by atoms with E-state index in [-0.39, 0.29) is 29.8 Å². The van der Waals surface area contributed by atoms with Crippen LogP contribution in [0.5, 0.6) is 0 Å². The van der Waals surface area contributed by atoms with E-state index in [1.165, 1.54) is 0 Å². The highest BCUT2D eigenvalue weighted by molar-refractivity contribution is 6.04. The molecule has 1 heterocycles. The number of aryl methyl sites for hydroxylation is 2. The van der Waals surface area contributed by atoms with Gasteiger partial charge in [-0.05, 0) is 43.5 Å². The largest absolute Gasteiger partial charge is 0.355 e. The Balaban J connectivity index is 1.56. The molecule has 4 rings (SSSR count). The summed E-state index contributed by atoms with van der Waals surface area (Å²) in [6, 6.07) is 12.8. The molecule has 0 spiro atoms. The molecule has 3 aromatic rings. The maximum atomic E-state index is 12.9. The van der Waals surface area contributed by atoms with E-state index in [2.05, 4.69) is 15.6 Å². The molecule has 1 aromatic heterocycles. The fraction of sp³-hybridized carbons (Fsp3) is 0.304. The summed E-state index contributed by atoms with van der Waals surface area (Å²) in [6.45, 7) is 1.83. The van der Waals surface area contributed by atoms with Gasteiger partial charge in [-0.25, -0.2) is 4.98 Å². The lowest BCUT2D eigenvalue weighted by atomic mass is 10.1. The van der Waals surface area contributed by atoms with Crippen LogP contribution < -0.4 is 16.2 Å². The molecule has 2 N–H and O–H groups in total. The van der Waals surface area contributed by atoms with E-state index >= 15 is 0 Å². The summed E-state index contributed by atoms with van der Waals surface area (Å²) in [5.41, 5.74) is 2.32. The molecule has 0 atom stereocenters. The van der Waals surface area contributed by atoms with E-state index in [0.717, 1.165) is 18.4 Å². The molecule has 154 valence electrons. The average Bonchev–Trinajstić information content (AvgIpc) is 3.57. The van der Waals surface area contributed by atoms with Crippen molar-refractivity contribution in [2.75, 3.05) is 12.4 Å². The van der Waals surface area contributed by atoms with Gasteiger partial charge in [0.15, 0.2) is 0 Å². The number of fused-ring (bicyclic) bond motifs is 1. The zero-order valence-corrected chi connectivity index (χ0v) is 17.1. The first-order valence-electron chi connectivity index (χ1n) is 10.1. The van der Waals surface area contributed by atoms with Crippen LogP contribution in [0.15, 0.2) is 47.3 Å². The van der Waals surface area contributed by atoms with E-state index in [1.807, 2.05) is 31.2 Å². The van der Waals surface area contributed by atoms with Gasteiger partial charge >= 0.3 is 0 Å². The maximum absolute atomic E-state index is 12.9. The molecule has 7 heteroatoms. The van der Waals surface area contributed by atoms with Crippen molar-refractivity contribution >= 4 is 28.4 Å². The number of nitrogens with zero attached hydrogens (tertiary/aromatic N) is 2. The summed E-state index contributed by atoms with van der Waals surface area (Å²) in [5, 5.41) is 6.05. The van der Waals surface area contributed by atoms with Gasteiger partial charge in [-0.3, -0.25) is 19.0 Å². The van der Waals surface area contributed by atoms with Gasteiger partial charge in [0.1, 0.15) is 5.82 Å². The van der Waals surface area contributed by atoms with Crippen LogP contribution in [0.25, 0.3) is 10.9 Å². The van der Waals surface area contributed by atoms with Crippen LogP contribution in [0.1, 0.15) is 47.1 Å². The molecule has 1 aliphatic carbocycles. The molecule has 0 unspecified atom stereocenters. The predicted molar refractivity (Wildman–Crippen MR) is 116 cm³/mol. The Bertz CT molecular complexity index is 1190. The smallest absolute Gasteiger partial charge is 0.261 e. The van der Waals surface area contributed by atoms with Crippen LogP contribution in [-0.4, -0.2) is 28.4 Å². The third kappa shape index (κ3) is 3.83. The van der Waals surface area contributed by atoms with E-state index in [1.54, 1.807) is 29.8 Å². The van der Waals surface area contributed by atoms with E-state index in [0.29, 0.717) is 34.4 Å². The van der Waals surface area contributed by atoms with Gasteiger partial charge in [0, 0.05) is 25.9 Å².